The normalized spacial score (nSPS) is 10.3. The molecule has 3 heteroatoms. The molecule has 0 amide bonds. The maximum absolute atomic E-state index is 10.5. The quantitative estimate of drug-likeness (QED) is 0.625. The zero-order valence-electron chi connectivity index (χ0n) is 8.16. The minimum atomic E-state index is 0.364. The van der Waals surface area contributed by atoms with Crippen LogP contribution >= 0.6 is 22.6 Å². The highest BCUT2D eigenvalue weighted by atomic mass is 127. The molecule has 1 aromatic heterocycles. The number of rotatable bonds is 2. The molecule has 0 bridgehead atoms. The van der Waals surface area contributed by atoms with Crippen molar-refractivity contribution in [2.75, 3.05) is 0 Å². The molecule has 2 aromatic rings. The second-order valence-corrected chi connectivity index (χ2v) is 4.52. The molecule has 0 aliphatic heterocycles. The summed E-state index contributed by atoms with van der Waals surface area (Å²) in [5.41, 5.74) is 2.18. The molecule has 0 fully saturated rings. The molecule has 2 nitrogen and oxygen atoms in total. The summed E-state index contributed by atoms with van der Waals surface area (Å²) in [5.74, 6) is 1.11. The maximum atomic E-state index is 10.5. The Labute approximate surface area is 101 Å². The van der Waals surface area contributed by atoms with Crippen molar-refractivity contribution in [3.63, 3.8) is 0 Å². The molecule has 2 rings (SSSR count). The van der Waals surface area contributed by atoms with Crippen LogP contribution in [-0.4, -0.2) is 6.29 Å². The summed E-state index contributed by atoms with van der Waals surface area (Å²) in [5, 5.41) is 0. The maximum Gasteiger partial charge on any atom is 0.185 e. The van der Waals surface area contributed by atoms with Gasteiger partial charge in [-0.25, -0.2) is 0 Å². The van der Waals surface area contributed by atoms with Crippen molar-refractivity contribution >= 4 is 28.9 Å². The molecule has 0 aliphatic carbocycles. The minimum Gasteiger partial charge on any atom is -0.453 e. The molecule has 15 heavy (non-hydrogen) atoms. The summed E-state index contributed by atoms with van der Waals surface area (Å²) in [7, 11) is 0. The summed E-state index contributed by atoms with van der Waals surface area (Å²) in [4.78, 5) is 10.5. The van der Waals surface area contributed by atoms with Crippen LogP contribution in [0, 0.1) is 10.5 Å². The van der Waals surface area contributed by atoms with Gasteiger partial charge < -0.3 is 4.42 Å². The fraction of sp³-hybridized carbons (Fsp3) is 0.0833. The largest absolute Gasteiger partial charge is 0.453 e. The Morgan fingerprint density at radius 2 is 2.07 bits per heavy atom. The molecule has 76 valence electrons. The van der Waals surface area contributed by atoms with E-state index >= 15 is 0 Å². The van der Waals surface area contributed by atoms with Crippen molar-refractivity contribution in [2.45, 2.75) is 6.92 Å². The van der Waals surface area contributed by atoms with Gasteiger partial charge in [-0.2, -0.15) is 0 Å². The highest BCUT2D eigenvalue weighted by Gasteiger charge is 2.06. The minimum absolute atomic E-state index is 0.364. The molecule has 0 atom stereocenters. The molecule has 0 saturated carbocycles. The van der Waals surface area contributed by atoms with E-state index in [1.54, 1.807) is 6.07 Å². The van der Waals surface area contributed by atoms with Crippen LogP contribution in [0.1, 0.15) is 16.1 Å². The van der Waals surface area contributed by atoms with Crippen molar-refractivity contribution in [2.24, 2.45) is 0 Å². The van der Waals surface area contributed by atoms with Crippen LogP contribution in [0.3, 0.4) is 0 Å². The van der Waals surface area contributed by atoms with Crippen molar-refractivity contribution in [3.8, 4) is 11.3 Å². The average Bonchev–Trinajstić information content (AvgIpc) is 2.66. The average molecular weight is 312 g/mol. The number of aldehydes is 1. The van der Waals surface area contributed by atoms with Crippen LogP contribution in [0.5, 0.6) is 0 Å². The van der Waals surface area contributed by atoms with Crippen LogP contribution in [0.2, 0.25) is 0 Å². The molecule has 0 spiro atoms. The number of carbonyl (C=O) groups excluding carboxylic acids is 1. The van der Waals surface area contributed by atoms with Crippen molar-refractivity contribution in [1.82, 2.24) is 0 Å². The van der Waals surface area contributed by atoms with Crippen molar-refractivity contribution < 1.29 is 9.21 Å². The van der Waals surface area contributed by atoms with Crippen molar-refractivity contribution in [3.05, 3.63) is 45.2 Å². The van der Waals surface area contributed by atoms with E-state index < -0.39 is 0 Å². The zero-order chi connectivity index (χ0) is 10.8. The Hall–Kier alpha value is -1.10. The molecular weight excluding hydrogens is 303 g/mol. The fourth-order valence-corrected chi connectivity index (χ4v) is 2.11. The van der Waals surface area contributed by atoms with Gasteiger partial charge in [-0.05, 0) is 65.4 Å². The van der Waals surface area contributed by atoms with Gasteiger partial charge in [-0.15, -0.1) is 0 Å². The van der Waals surface area contributed by atoms with Gasteiger partial charge in [-0.1, -0.05) is 0 Å². The lowest BCUT2D eigenvalue weighted by Crippen LogP contribution is -1.82. The van der Waals surface area contributed by atoms with Gasteiger partial charge in [0.05, 0.1) is 0 Å². The van der Waals surface area contributed by atoms with E-state index in [2.05, 4.69) is 28.7 Å². The van der Waals surface area contributed by atoms with E-state index in [0.29, 0.717) is 12.0 Å². The summed E-state index contributed by atoms with van der Waals surface area (Å²) in [6.45, 7) is 2.03. The number of benzene rings is 1. The number of hydrogen-bond donors (Lipinski definition) is 0. The number of carbonyl (C=O) groups is 1. The van der Waals surface area contributed by atoms with Gasteiger partial charge in [0.15, 0.2) is 12.0 Å². The fourth-order valence-electron chi connectivity index (χ4n) is 1.46. The standard InChI is InChI=1S/C12H9IO2/c1-8-6-9(13)2-4-11(8)12-5-3-10(7-14)15-12/h2-7H,1H3. The SMILES string of the molecule is Cc1cc(I)ccc1-c1ccc(C=O)o1. The lowest BCUT2D eigenvalue weighted by Gasteiger charge is -2.02. The highest BCUT2D eigenvalue weighted by molar-refractivity contribution is 14.1. The number of halogens is 1. The molecule has 0 N–H and O–H groups in total. The van der Waals surface area contributed by atoms with E-state index in [1.807, 2.05) is 25.1 Å². The van der Waals surface area contributed by atoms with Crippen molar-refractivity contribution in [1.29, 1.82) is 0 Å². The van der Waals surface area contributed by atoms with Crippen LogP contribution in [0.4, 0.5) is 0 Å². The lowest BCUT2D eigenvalue weighted by atomic mass is 10.1. The summed E-state index contributed by atoms with van der Waals surface area (Å²) in [6.07, 6.45) is 0.714. The molecular formula is C12H9IO2. The smallest absolute Gasteiger partial charge is 0.185 e. The first kappa shape index (κ1) is 10.4. The first-order chi connectivity index (χ1) is 7.20. The van der Waals surface area contributed by atoms with Crippen LogP contribution in [-0.2, 0) is 0 Å². The third kappa shape index (κ3) is 2.12. The van der Waals surface area contributed by atoms with Gasteiger partial charge >= 0.3 is 0 Å². The number of aryl methyl sites for hydroxylation is 1. The van der Waals surface area contributed by atoms with E-state index in [-0.39, 0.29) is 0 Å². The Kier molecular flexibility index (Phi) is 2.90. The first-order valence-electron chi connectivity index (χ1n) is 4.52. The monoisotopic (exact) mass is 312 g/mol. The Bertz CT molecular complexity index is 500. The Morgan fingerprint density at radius 3 is 2.67 bits per heavy atom. The summed E-state index contributed by atoms with van der Waals surface area (Å²) >= 11 is 2.27. The second kappa shape index (κ2) is 4.18. The summed E-state index contributed by atoms with van der Waals surface area (Å²) < 4.78 is 6.56. The molecule has 0 radical (unpaired) electrons. The van der Waals surface area contributed by atoms with Gasteiger partial charge in [0.2, 0.25) is 0 Å². The second-order valence-electron chi connectivity index (χ2n) is 3.28. The Balaban J connectivity index is 2.49. The topological polar surface area (TPSA) is 30.2 Å². The van der Waals surface area contributed by atoms with Gasteiger partial charge in [0.1, 0.15) is 5.76 Å². The van der Waals surface area contributed by atoms with E-state index in [0.717, 1.165) is 16.9 Å². The van der Waals surface area contributed by atoms with E-state index in [4.69, 9.17) is 4.42 Å². The predicted molar refractivity (Wildman–Crippen MR) is 67.0 cm³/mol. The molecule has 1 aromatic carbocycles. The molecule has 0 aliphatic rings. The lowest BCUT2D eigenvalue weighted by molar-refractivity contribution is 0.110. The molecule has 0 unspecified atom stereocenters. The van der Waals surface area contributed by atoms with Crippen LogP contribution in [0.25, 0.3) is 11.3 Å². The number of furan rings is 1. The van der Waals surface area contributed by atoms with Crippen LogP contribution in [0.15, 0.2) is 34.7 Å². The van der Waals surface area contributed by atoms with Gasteiger partial charge in [0, 0.05) is 9.13 Å². The highest BCUT2D eigenvalue weighted by Crippen LogP contribution is 2.26. The summed E-state index contributed by atoms with van der Waals surface area (Å²) in [6, 6.07) is 9.61. The zero-order valence-corrected chi connectivity index (χ0v) is 10.3. The first-order valence-corrected chi connectivity index (χ1v) is 5.60. The third-order valence-corrected chi connectivity index (χ3v) is 2.87. The predicted octanol–water partition coefficient (Wildman–Crippen LogP) is 3.67. The molecule has 0 saturated heterocycles. The number of hydrogen-bond acceptors (Lipinski definition) is 2. The van der Waals surface area contributed by atoms with E-state index in [9.17, 15) is 4.79 Å². The van der Waals surface area contributed by atoms with Gasteiger partial charge in [-0.3, -0.25) is 4.79 Å². The van der Waals surface area contributed by atoms with E-state index in [1.165, 1.54) is 3.57 Å². The van der Waals surface area contributed by atoms with Crippen LogP contribution < -0.4 is 0 Å². The van der Waals surface area contributed by atoms with Gasteiger partial charge in [0.25, 0.3) is 0 Å². The molecule has 1 heterocycles. The Morgan fingerprint density at radius 1 is 1.27 bits per heavy atom. The third-order valence-electron chi connectivity index (χ3n) is 2.20.